The van der Waals surface area contributed by atoms with Crippen LogP contribution in [0.15, 0.2) is 91.0 Å². The number of hydrogen-bond donors (Lipinski definition) is 2. The number of benzene rings is 4. The van der Waals surface area contributed by atoms with Crippen LogP contribution in [0.5, 0.6) is 0 Å². The molecule has 0 radical (unpaired) electrons. The van der Waals surface area contributed by atoms with E-state index in [0.717, 1.165) is 16.5 Å². The second-order valence-electron chi connectivity index (χ2n) is 7.21. The van der Waals surface area contributed by atoms with Crippen LogP contribution in [0.2, 0.25) is 5.02 Å². The Labute approximate surface area is 191 Å². The molecule has 0 aromatic heterocycles. The van der Waals surface area contributed by atoms with E-state index in [2.05, 4.69) is 10.6 Å². The Bertz CT molecular complexity index is 1270. The molecule has 0 aliphatic rings. The van der Waals surface area contributed by atoms with Gasteiger partial charge in [0.15, 0.2) is 0 Å². The lowest BCUT2D eigenvalue weighted by Crippen LogP contribution is -2.30. The summed E-state index contributed by atoms with van der Waals surface area (Å²) in [5.41, 5.74) is 2.59. The van der Waals surface area contributed by atoms with Gasteiger partial charge in [0.05, 0.1) is 5.69 Å². The molecule has 0 aliphatic carbocycles. The van der Waals surface area contributed by atoms with Crippen molar-refractivity contribution in [1.82, 2.24) is 0 Å². The fourth-order valence-electron chi connectivity index (χ4n) is 3.58. The molecule has 5 nitrogen and oxygen atoms in total. The molecule has 4 rings (SSSR count). The first kappa shape index (κ1) is 21.4. The summed E-state index contributed by atoms with van der Waals surface area (Å²) in [4.78, 5) is 27.2. The predicted molar refractivity (Wildman–Crippen MR) is 132 cm³/mol. The molecule has 0 atom stereocenters. The van der Waals surface area contributed by atoms with Gasteiger partial charge in [0, 0.05) is 33.9 Å². The maximum atomic E-state index is 13.2. The van der Waals surface area contributed by atoms with Crippen molar-refractivity contribution in [2.45, 2.75) is 6.92 Å². The number of hydrogen-bond acceptors (Lipinski definition) is 2. The molecule has 6 heteroatoms. The van der Waals surface area contributed by atoms with Crippen molar-refractivity contribution in [2.24, 2.45) is 0 Å². The number of carbonyl (C=O) groups is 2. The Kier molecular flexibility index (Phi) is 6.38. The minimum Gasteiger partial charge on any atom is -0.308 e. The molecule has 2 N–H and O–H groups in total. The van der Waals surface area contributed by atoms with Crippen molar-refractivity contribution in [3.8, 4) is 0 Å². The van der Waals surface area contributed by atoms with Gasteiger partial charge in [-0.1, -0.05) is 54.1 Å². The van der Waals surface area contributed by atoms with Crippen molar-refractivity contribution in [1.29, 1.82) is 0 Å². The third-order valence-electron chi connectivity index (χ3n) is 5.09. The fourth-order valence-corrected chi connectivity index (χ4v) is 3.77. The molecular weight excluding hydrogens is 422 g/mol. The van der Waals surface area contributed by atoms with Crippen molar-refractivity contribution < 1.29 is 9.59 Å². The molecule has 0 unspecified atom stereocenters. The van der Waals surface area contributed by atoms with E-state index in [1.54, 1.807) is 53.4 Å². The lowest BCUT2D eigenvalue weighted by atomic mass is 10.1. The van der Waals surface area contributed by atoms with E-state index >= 15 is 0 Å². The van der Waals surface area contributed by atoms with Gasteiger partial charge in [-0.2, -0.15) is 0 Å². The summed E-state index contributed by atoms with van der Waals surface area (Å²) in [6, 6.07) is 27.3. The zero-order valence-electron chi connectivity index (χ0n) is 17.5. The third kappa shape index (κ3) is 4.74. The van der Waals surface area contributed by atoms with Gasteiger partial charge in [-0.25, -0.2) is 4.79 Å². The van der Waals surface area contributed by atoms with E-state index in [4.69, 9.17) is 11.6 Å². The van der Waals surface area contributed by atoms with Crippen molar-refractivity contribution in [2.75, 3.05) is 22.1 Å². The number of carbonyl (C=O) groups excluding carboxylic acids is 2. The lowest BCUT2D eigenvalue weighted by molar-refractivity contribution is 0.0988. The van der Waals surface area contributed by atoms with E-state index < -0.39 is 6.03 Å². The SMILES string of the molecule is CCN(C(=O)c1ccc(NC(=O)Nc2cccc(Cl)c2)cc1)c1cccc2ccccc12. The quantitative estimate of drug-likeness (QED) is 0.356. The highest BCUT2D eigenvalue weighted by molar-refractivity contribution is 6.30. The standard InChI is InChI=1S/C26H22ClN3O2/c1-2-30(24-12-5-8-18-7-3-4-11-23(18)24)25(31)19-13-15-21(16-14-19)28-26(32)29-22-10-6-9-20(27)17-22/h3-17H,2H2,1H3,(H2,28,29,32). The van der Waals surface area contributed by atoms with E-state index in [1.165, 1.54) is 0 Å². The molecule has 4 aromatic carbocycles. The summed E-state index contributed by atoms with van der Waals surface area (Å²) in [5, 5.41) is 8.13. The average molecular weight is 444 g/mol. The molecule has 32 heavy (non-hydrogen) atoms. The molecule has 0 heterocycles. The van der Waals surface area contributed by atoms with Crippen LogP contribution in [-0.4, -0.2) is 18.5 Å². The predicted octanol–water partition coefficient (Wildman–Crippen LogP) is 6.80. The van der Waals surface area contributed by atoms with Crippen LogP contribution < -0.4 is 15.5 Å². The molecule has 3 amide bonds. The van der Waals surface area contributed by atoms with Gasteiger partial charge in [-0.05, 0) is 60.8 Å². The van der Waals surface area contributed by atoms with Crippen LogP contribution in [0.1, 0.15) is 17.3 Å². The van der Waals surface area contributed by atoms with Gasteiger partial charge in [-0.15, -0.1) is 0 Å². The topological polar surface area (TPSA) is 61.4 Å². The second kappa shape index (κ2) is 9.54. The number of urea groups is 1. The summed E-state index contributed by atoms with van der Waals surface area (Å²) < 4.78 is 0. The molecule has 4 aromatic rings. The number of nitrogens with one attached hydrogen (secondary N) is 2. The molecule has 0 aliphatic heterocycles. The molecule has 0 spiro atoms. The Morgan fingerprint density at radius 2 is 1.50 bits per heavy atom. The normalized spacial score (nSPS) is 10.6. The van der Waals surface area contributed by atoms with Crippen molar-refractivity contribution >= 4 is 51.4 Å². The van der Waals surface area contributed by atoms with Crippen molar-refractivity contribution in [3.05, 3.63) is 102 Å². The Morgan fingerprint density at radius 3 is 2.25 bits per heavy atom. The van der Waals surface area contributed by atoms with Gasteiger partial charge in [0.1, 0.15) is 0 Å². The average Bonchev–Trinajstić information content (AvgIpc) is 2.80. The van der Waals surface area contributed by atoms with E-state index in [-0.39, 0.29) is 5.91 Å². The minimum atomic E-state index is -0.391. The fraction of sp³-hybridized carbons (Fsp3) is 0.0769. The summed E-state index contributed by atoms with van der Waals surface area (Å²) in [5.74, 6) is -0.0983. The zero-order chi connectivity index (χ0) is 22.5. The molecule has 0 bridgehead atoms. The maximum absolute atomic E-state index is 13.2. The largest absolute Gasteiger partial charge is 0.323 e. The number of nitrogens with zero attached hydrogens (tertiary/aromatic N) is 1. The van der Waals surface area contributed by atoms with Gasteiger partial charge in [-0.3, -0.25) is 4.79 Å². The van der Waals surface area contributed by atoms with Crippen LogP contribution in [0.4, 0.5) is 21.9 Å². The highest BCUT2D eigenvalue weighted by Gasteiger charge is 2.18. The number of fused-ring (bicyclic) bond motifs is 1. The molecule has 160 valence electrons. The van der Waals surface area contributed by atoms with Gasteiger partial charge in [0.25, 0.3) is 5.91 Å². The van der Waals surface area contributed by atoms with Crippen LogP contribution in [0.3, 0.4) is 0 Å². The third-order valence-corrected chi connectivity index (χ3v) is 5.33. The number of amides is 3. The van der Waals surface area contributed by atoms with Gasteiger partial charge >= 0.3 is 6.03 Å². The minimum absolute atomic E-state index is 0.0983. The van der Waals surface area contributed by atoms with E-state index in [9.17, 15) is 9.59 Å². The Morgan fingerprint density at radius 1 is 0.812 bits per heavy atom. The first-order valence-electron chi connectivity index (χ1n) is 10.3. The van der Waals surface area contributed by atoms with E-state index in [1.807, 2.05) is 49.4 Å². The monoisotopic (exact) mass is 443 g/mol. The maximum Gasteiger partial charge on any atom is 0.323 e. The Balaban J connectivity index is 1.49. The molecule has 0 saturated carbocycles. The van der Waals surface area contributed by atoms with Crippen LogP contribution in [0.25, 0.3) is 10.8 Å². The highest BCUT2D eigenvalue weighted by atomic mass is 35.5. The lowest BCUT2D eigenvalue weighted by Gasteiger charge is -2.23. The highest BCUT2D eigenvalue weighted by Crippen LogP contribution is 2.28. The zero-order valence-corrected chi connectivity index (χ0v) is 18.3. The first-order chi connectivity index (χ1) is 15.5. The second-order valence-corrected chi connectivity index (χ2v) is 7.65. The van der Waals surface area contributed by atoms with Crippen LogP contribution in [-0.2, 0) is 0 Å². The van der Waals surface area contributed by atoms with Gasteiger partial charge < -0.3 is 15.5 Å². The first-order valence-corrected chi connectivity index (χ1v) is 10.7. The van der Waals surface area contributed by atoms with E-state index in [0.29, 0.717) is 28.5 Å². The summed E-state index contributed by atoms with van der Waals surface area (Å²) >= 11 is 5.94. The number of rotatable bonds is 5. The van der Waals surface area contributed by atoms with Crippen molar-refractivity contribution in [3.63, 3.8) is 0 Å². The summed E-state index contributed by atoms with van der Waals surface area (Å²) in [6.45, 7) is 2.49. The van der Waals surface area contributed by atoms with Crippen LogP contribution >= 0.6 is 11.6 Å². The Hall–Kier alpha value is -3.83. The molecule has 0 saturated heterocycles. The molecular formula is C26H22ClN3O2. The smallest absolute Gasteiger partial charge is 0.308 e. The number of anilines is 3. The number of halogens is 1. The molecule has 0 fully saturated rings. The van der Waals surface area contributed by atoms with Crippen LogP contribution in [0, 0.1) is 0 Å². The summed E-state index contributed by atoms with van der Waals surface area (Å²) in [7, 11) is 0. The summed E-state index contributed by atoms with van der Waals surface area (Å²) in [6.07, 6.45) is 0. The van der Waals surface area contributed by atoms with Gasteiger partial charge in [0.2, 0.25) is 0 Å².